The molecule has 0 amide bonds. The Morgan fingerprint density at radius 1 is 1.35 bits per heavy atom. The van der Waals surface area contributed by atoms with Crippen LogP contribution in [0.25, 0.3) is 21.9 Å². The number of hydrogen-bond acceptors (Lipinski definition) is 6. The van der Waals surface area contributed by atoms with Crippen molar-refractivity contribution in [3.63, 3.8) is 0 Å². The van der Waals surface area contributed by atoms with Gasteiger partial charge in [-0.15, -0.1) is 0 Å². The smallest absolute Gasteiger partial charge is 0.115 e. The van der Waals surface area contributed by atoms with E-state index >= 15 is 0 Å². The summed E-state index contributed by atoms with van der Waals surface area (Å²) < 4.78 is 7.39. The van der Waals surface area contributed by atoms with Crippen LogP contribution in [0.4, 0.5) is 0 Å². The number of rotatable bonds is 4. The molecule has 2 aromatic heterocycles. The van der Waals surface area contributed by atoms with Gasteiger partial charge in [-0.1, -0.05) is 0 Å². The second-order valence-electron chi connectivity index (χ2n) is 5.29. The second kappa shape index (κ2) is 5.26. The van der Waals surface area contributed by atoms with Gasteiger partial charge in [0.15, 0.2) is 0 Å². The molecule has 114 valence electrons. The molecule has 0 fully saturated rings. The summed E-state index contributed by atoms with van der Waals surface area (Å²) >= 11 is 1.31. The maximum absolute atomic E-state index is 9.13. The van der Waals surface area contributed by atoms with Crippen LogP contribution in [0, 0.1) is 11.3 Å². The Morgan fingerprint density at radius 3 is 3.00 bits per heavy atom. The Hall–Kier alpha value is -2.56. The summed E-state index contributed by atoms with van der Waals surface area (Å²) in [5, 5.41) is 11.8. The molecular weight excluding hydrogens is 310 g/mol. The Kier molecular flexibility index (Phi) is 3.22. The van der Waals surface area contributed by atoms with E-state index in [1.54, 1.807) is 17.3 Å². The molecule has 0 saturated heterocycles. The lowest BCUT2D eigenvalue weighted by molar-refractivity contribution is 0.114. The molecule has 0 unspecified atom stereocenters. The van der Waals surface area contributed by atoms with Crippen LogP contribution in [0.15, 0.2) is 36.3 Å². The van der Waals surface area contributed by atoms with Crippen LogP contribution in [0.3, 0.4) is 0 Å². The largest absolute Gasteiger partial charge is 0.330 e. The number of fused-ring (bicyclic) bond motifs is 3. The van der Waals surface area contributed by atoms with Crippen molar-refractivity contribution in [3.8, 4) is 6.07 Å². The fourth-order valence-electron chi connectivity index (χ4n) is 2.71. The first kappa shape index (κ1) is 14.1. The maximum atomic E-state index is 9.13. The van der Waals surface area contributed by atoms with Crippen molar-refractivity contribution < 1.29 is 4.28 Å². The number of hydroxylamine groups is 2. The first-order valence-corrected chi connectivity index (χ1v) is 8.21. The third kappa shape index (κ3) is 2.32. The van der Waals surface area contributed by atoms with E-state index in [4.69, 9.17) is 9.55 Å². The number of hydrogen-bond donors (Lipinski definition) is 0. The van der Waals surface area contributed by atoms with Crippen molar-refractivity contribution in [3.05, 3.63) is 47.7 Å². The molecule has 0 aliphatic carbocycles. The molecule has 0 saturated carbocycles. The predicted octanol–water partition coefficient (Wildman–Crippen LogP) is 2.90. The van der Waals surface area contributed by atoms with Gasteiger partial charge in [0.1, 0.15) is 11.3 Å². The summed E-state index contributed by atoms with van der Waals surface area (Å²) in [4.78, 5) is 9.12. The molecule has 6 nitrogen and oxygen atoms in total. The highest BCUT2D eigenvalue weighted by molar-refractivity contribution is 7.93. The molecule has 7 heteroatoms. The molecule has 1 aliphatic heterocycles. The quantitative estimate of drug-likeness (QED) is 0.688. The van der Waals surface area contributed by atoms with E-state index < -0.39 is 0 Å². The number of aromatic nitrogens is 3. The molecule has 3 aromatic rings. The summed E-state index contributed by atoms with van der Waals surface area (Å²) in [6.07, 6.45) is 6.30. The minimum atomic E-state index is 0.624. The van der Waals surface area contributed by atoms with Crippen LogP contribution in [0.1, 0.15) is 11.4 Å². The normalized spacial score (nSPS) is 13.4. The topological polar surface area (TPSA) is 66.7 Å². The fraction of sp³-hybridized carbons (Fsp3) is 0.188. The lowest BCUT2D eigenvalue weighted by Gasteiger charge is -2.05. The molecule has 0 atom stereocenters. The number of aryl methyl sites for hydroxylation is 1. The minimum absolute atomic E-state index is 0.624. The van der Waals surface area contributed by atoms with Gasteiger partial charge < -0.3 is 4.57 Å². The third-order valence-electron chi connectivity index (χ3n) is 3.90. The molecule has 3 heterocycles. The zero-order valence-electron chi connectivity index (χ0n) is 12.6. The van der Waals surface area contributed by atoms with Gasteiger partial charge in [0.05, 0.1) is 47.2 Å². The lowest BCUT2D eigenvalue weighted by atomic mass is 10.1. The zero-order valence-corrected chi connectivity index (χ0v) is 13.5. The van der Waals surface area contributed by atoms with E-state index in [9.17, 15) is 0 Å². The average Bonchev–Trinajstić information content (AvgIpc) is 3.21. The minimum Gasteiger partial charge on any atom is -0.330 e. The highest BCUT2D eigenvalue weighted by Crippen LogP contribution is 2.30. The molecule has 0 spiro atoms. The second-order valence-corrected chi connectivity index (χ2v) is 5.77. The fourth-order valence-corrected chi connectivity index (χ4v) is 3.01. The summed E-state index contributed by atoms with van der Waals surface area (Å²) in [5.74, 6) is 0.940. The monoisotopic (exact) mass is 323 g/mol. The van der Waals surface area contributed by atoms with E-state index in [-0.39, 0.29) is 0 Å². The van der Waals surface area contributed by atoms with Gasteiger partial charge in [0, 0.05) is 30.7 Å². The van der Waals surface area contributed by atoms with Crippen molar-refractivity contribution in [2.45, 2.75) is 6.42 Å². The Balaban J connectivity index is 1.80. The van der Waals surface area contributed by atoms with E-state index in [0.717, 1.165) is 33.5 Å². The van der Waals surface area contributed by atoms with Gasteiger partial charge in [0.25, 0.3) is 0 Å². The van der Waals surface area contributed by atoms with Gasteiger partial charge in [-0.3, -0.25) is 4.98 Å². The summed E-state index contributed by atoms with van der Waals surface area (Å²) in [6.45, 7) is 0. The van der Waals surface area contributed by atoms with E-state index in [0.29, 0.717) is 12.0 Å². The molecular formula is C16H13N5OS. The number of nitrogens with zero attached hydrogens (tertiary/aromatic N) is 5. The first-order chi connectivity index (χ1) is 11.2. The highest BCUT2D eigenvalue weighted by atomic mass is 32.2. The van der Waals surface area contributed by atoms with Gasteiger partial charge in [-0.2, -0.15) is 9.55 Å². The van der Waals surface area contributed by atoms with Crippen molar-refractivity contribution in [1.29, 1.82) is 5.26 Å². The van der Waals surface area contributed by atoms with Gasteiger partial charge in [-0.25, -0.2) is 10.0 Å². The van der Waals surface area contributed by atoms with Gasteiger partial charge in [0.2, 0.25) is 0 Å². The highest BCUT2D eigenvalue weighted by Gasteiger charge is 2.25. The van der Waals surface area contributed by atoms with Crippen molar-refractivity contribution in [1.82, 2.24) is 19.6 Å². The number of pyridine rings is 1. The van der Waals surface area contributed by atoms with Crippen LogP contribution in [-0.2, 0) is 17.8 Å². The maximum Gasteiger partial charge on any atom is 0.115 e. The molecule has 1 aromatic carbocycles. The standard InChI is InChI=1S/C16H13N5OS/c1-20-15(6-11-9-21(11)22-23-2)19-14-8-18-13-4-3-10(7-17)5-12(13)16(14)20/h3-5,8-9H,6H2,1-2H3. The summed E-state index contributed by atoms with van der Waals surface area (Å²) in [7, 11) is 1.99. The van der Waals surface area contributed by atoms with Crippen LogP contribution >= 0.6 is 12.0 Å². The van der Waals surface area contributed by atoms with E-state index in [1.165, 1.54) is 12.0 Å². The number of nitriles is 1. The number of allylic oxidation sites excluding steroid dienone is 1. The molecule has 0 N–H and O–H groups in total. The number of imidazole rings is 1. The van der Waals surface area contributed by atoms with Crippen LogP contribution in [0.5, 0.6) is 0 Å². The Labute approximate surface area is 137 Å². The van der Waals surface area contributed by atoms with Crippen molar-refractivity contribution in [2.75, 3.05) is 6.26 Å². The molecule has 1 aliphatic rings. The molecule has 23 heavy (non-hydrogen) atoms. The SMILES string of the molecule is CSON1C=C1Cc1nc2cnc3ccc(C#N)cc3c2n1C. The summed E-state index contributed by atoms with van der Waals surface area (Å²) in [5.41, 5.74) is 4.42. The number of benzene rings is 1. The van der Waals surface area contributed by atoms with Crippen LogP contribution in [-0.4, -0.2) is 25.9 Å². The Bertz CT molecular complexity index is 1000. The predicted molar refractivity (Wildman–Crippen MR) is 89.0 cm³/mol. The Morgan fingerprint density at radius 2 is 2.22 bits per heavy atom. The molecule has 4 rings (SSSR count). The first-order valence-electron chi connectivity index (χ1n) is 7.06. The molecule has 0 radical (unpaired) electrons. The lowest BCUT2D eigenvalue weighted by Crippen LogP contribution is -2.02. The van der Waals surface area contributed by atoms with Gasteiger partial charge >= 0.3 is 0 Å². The third-order valence-corrected chi connectivity index (χ3v) is 4.21. The zero-order chi connectivity index (χ0) is 16.0. The van der Waals surface area contributed by atoms with Crippen LogP contribution < -0.4 is 0 Å². The molecule has 0 bridgehead atoms. The van der Waals surface area contributed by atoms with Crippen molar-refractivity contribution >= 4 is 34.0 Å². The van der Waals surface area contributed by atoms with E-state index in [1.807, 2.05) is 31.6 Å². The van der Waals surface area contributed by atoms with Crippen LogP contribution in [0.2, 0.25) is 0 Å². The van der Waals surface area contributed by atoms with E-state index in [2.05, 4.69) is 20.6 Å². The van der Waals surface area contributed by atoms with Crippen molar-refractivity contribution in [2.24, 2.45) is 7.05 Å². The van der Waals surface area contributed by atoms with Gasteiger partial charge in [-0.05, 0) is 18.2 Å². The summed E-state index contributed by atoms with van der Waals surface area (Å²) in [6, 6.07) is 7.71. The average molecular weight is 323 g/mol.